The molecule has 6 nitrogen and oxygen atoms in total. The summed E-state index contributed by atoms with van der Waals surface area (Å²) in [7, 11) is 0. The lowest BCUT2D eigenvalue weighted by Gasteiger charge is -2.18. The molecule has 0 N–H and O–H groups in total. The average Bonchev–Trinajstić information content (AvgIpc) is 3.21. The summed E-state index contributed by atoms with van der Waals surface area (Å²) in [5.74, 6) is 1.69. The number of rotatable bonds is 45. The number of hydrogen-bond donors (Lipinski definition) is 0. The summed E-state index contributed by atoms with van der Waals surface area (Å²) >= 11 is 0. The van der Waals surface area contributed by atoms with E-state index in [2.05, 4.69) is 41.5 Å². The normalized spacial score (nSPS) is 13.1. The van der Waals surface area contributed by atoms with E-state index in [1.807, 2.05) is 0 Å². The summed E-state index contributed by atoms with van der Waals surface area (Å²) in [6.07, 6.45) is 42.2. The maximum Gasteiger partial charge on any atom is 0.306 e. The van der Waals surface area contributed by atoms with E-state index < -0.39 is 6.10 Å². The second kappa shape index (κ2) is 43.5. The number of unbranched alkanes of at least 4 members (excludes halogenated alkanes) is 26. The first-order chi connectivity index (χ1) is 28.2. The molecule has 0 bridgehead atoms. The fourth-order valence-electron chi connectivity index (χ4n) is 7.70. The van der Waals surface area contributed by atoms with Crippen LogP contribution in [0.4, 0.5) is 0 Å². The highest BCUT2D eigenvalue weighted by Crippen LogP contribution is 2.18. The smallest absolute Gasteiger partial charge is 0.306 e. The Labute approximate surface area is 361 Å². The molecular formula is C52H100O6. The molecule has 3 atom stereocenters. The first-order valence-electron chi connectivity index (χ1n) is 25.7. The second-order valence-corrected chi connectivity index (χ2v) is 18.8. The zero-order valence-corrected chi connectivity index (χ0v) is 39.8. The molecule has 6 heteroatoms. The van der Waals surface area contributed by atoms with Crippen molar-refractivity contribution in [1.29, 1.82) is 0 Å². The molecule has 0 spiro atoms. The van der Waals surface area contributed by atoms with Crippen LogP contribution >= 0.6 is 0 Å². The monoisotopic (exact) mass is 821 g/mol. The van der Waals surface area contributed by atoms with Gasteiger partial charge in [-0.3, -0.25) is 14.4 Å². The summed E-state index contributed by atoms with van der Waals surface area (Å²) < 4.78 is 16.8. The van der Waals surface area contributed by atoms with Crippen LogP contribution in [0.5, 0.6) is 0 Å². The van der Waals surface area contributed by atoms with Gasteiger partial charge in [0.15, 0.2) is 6.10 Å². The Balaban J connectivity index is 4.35. The molecule has 0 aromatic rings. The fraction of sp³-hybridized carbons (Fsp3) is 0.942. The number of carbonyl (C=O) groups excluding carboxylic acids is 3. The van der Waals surface area contributed by atoms with Crippen molar-refractivity contribution in [2.45, 2.75) is 285 Å². The molecule has 0 radical (unpaired) electrons. The minimum atomic E-state index is -0.763. The Bertz CT molecular complexity index is 902. The summed E-state index contributed by atoms with van der Waals surface area (Å²) in [6, 6.07) is 0. The first kappa shape index (κ1) is 56.4. The van der Waals surface area contributed by atoms with Gasteiger partial charge in [0.1, 0.15) is 13.2 Å². The second-order valence-electron chi connectivity index (χ2n) is 18.8. The minimum Gasteiger partial charge on any atom is -0.462 e. The van der Waals surface area contributed by atoms with E-state index in [0.29, 0.717) is 19.3 Å². The van der Waals surface area contributed by atoms with Gasteiger partial charge in [0.25, 0.3) is 0 Å². The highest BCUT2D eigenvalue weighted by Gasteiger charge is 2.19. The summed E-state index contributed by atoms with van der Waals surface area (Å²) in [5, 5.41) is 0. The Morgan fingerprint density at radius 1 is 0.345 bits per heavy atom. The van der Waals surface area contributed by atoms with Gasteiger partial charge in [-0.05, 0) is 37.0 Å². The Morgan fingerprint density at radius 2 is 0.603 bits per heavy atom. The van der Waals surface area contributed by atoms with Gasteiger partial charge in [0, 0.05) is 19.3 Å². The highest BCUT2D eigenvalue weighted by atomic mass is 16.6. The van der Waals surface area contributed by atoms with Gasteiger partial charge in [-0.25, -0.2) is 0 Å². The van der Waals surface area contributed by atoms with E-state index in [1.54, 1.807) is 0 Å². The largest absolute Gasteiger partial charge is 0.462 e. The van der Waals surface area contributed by atoms with Gasteiger partial charge in [0.2, 0.25) is 0 Å². The molecule has 0 saturated carbocycles. The maximum absolute atomic E-state index is 12.8. The molecule has 0 saturated heterocycles. The molecule has 0 aromatic heterocycles. The van der Waals surface area contributed by atoms with Gasteiger partial charge >= 0.3 is 17.9 Å². The standard InChI is InChI=1S/C52H100O6/c1-7-47(5)39-33-27-21-15-12-13-17-25-31-37-43-52(55)58-49(45-57-51(54)42-36-30-24-19-18-22-28-34-40-48(6)8-2)44-56-50(53)41-35-29-23-16-11-9-10-14-20-26-32-38-46(3)4/h46-49H,7-45H2,1-6H3/t47?,48?,49-/m0/s1. The van der Waals surface area contributed by atoms with Crippen LogP contribution in [0.15, 0.2) is 0 Å². The lowest BCUT2D eigenvalue weighted by atomic mass is 9.99. The number of ether oxygens (including phenoxy) is 3. The van der Waals surface area contributed by atoms with Crippen LogP contribution in [0.2, 0.25) is 0 Å². The third-order valence-corrected chi connectivity index (χ3v) is 12.4. The number of hydrogen-bond acceptors (Lipinski definition) is 6. The molecule has 0 aliphatic rings. The van der Waals surface area contributed by atoms with E-state index in [4.69, 9.17) is 14.2 Å². The van der Waals surface area contributed by atoms with Crippen molar-refractivity contribution < 1.29 is 28.6 Å². The van der Waals surface area contributed by atoms with Crippen LogP contribution < -0.4 is 0 Å². The first-order valence-corrected chi connectivity index (χ1v) is 25.7. The minimum absolute atomic E-state index is 0.0652. The number of esters is 3. The lowest BCUT2D eigenvalue weighted by molar-refractivity contribution is -0.167. The highest BCUT2D eigenvalue weighted by molar-refractivity contribution is 5.71. The van der Waals surface area contributed by atoms with E-state index in [0.717, 1.165) is 75.5 Å². The molecule has 2 unspecified atom stereocenters. The van der Waals surface area contributed by atoms with E-state index in [-0.39, 0.29) is 31.1 Å². The van der Waals surface area contributed by atoms with E-state index >= 15 is 0 Å². The molecule has 344 valence electrons. The Hall–Kier alpha value is -1.59. The molecule has 0 rings (SSSR count). The number of carbonyl (C=O) groups is 3. The Kier molecular flexibility index (Phi) is 42.3. The molecule has 0 aromatic carbocycles. The van der Waals surface area contributed by atoms with Gasteiger partial charge in [-0.1, -0.05) is 241 Å². The molecule has 0 amide bonds. The lowest BCUT2D eigenvalue weighted by Crippen LogP contribution is -2.30. The molecule has 0 aliphatic carbocycles. The topological polar surface area (TPSA) is 78.9 Å². The van der Waals surface area contributed by atoms with Crippen LogP contribution in [-0.2, 0) is 28.6 Å². The molecular weight excluding hydrogens is 721 g/mol. The predicted octanol–water partition coefficient (Wildman–Crippen LogP) is 16.4. The third-order valence-electron chi connectivity index (χ3n) is 12.4. The zero-order valence-electron chi connectivity index (χ0n) is 39.8. The van der Waals surface area contributed by atoms with E-state index in [9.17, 15) is 14.4 Å². The van der Waals surface area contributed by atoms with Gasteiger partial charge in [0.05, 0.1) is 0 Å². The van der Waals surface area contributed by atoms with Crippen LogP contribution in [0, 0.1) is 17.8 Å². The van der Waals surface area contributed by atoms with Crippen molar-refractivity contribution in [1.82, 2.24) is 0 Å². The van der Waals surface area contributed by atoms with Crippen molar-refractivity contribution in [3.8, 4) is 0 Å². The Morgan fingerprint density at radius 3 is 0.897 bits per heavy atom. The van der Waals surface area contributed by atoms with Crippen LogP contribution in [0.3, 0.4) is 0 Å². The van der Waals surface area contributed by atoms with Crippen molar-refractivity contribution in [2.75, 3.05) is 13.2 Å². The summed E-state index contributed by atoms with van der Waals surface area (Å²) in [4.78, 5) is 37.9. The van der Waals surface area contributed by atoms with Crippen LogP contribution in [-0.4, -0.2) is 37.2 Å². The summed E-state index contributed by atoms with van der Waals surface area (Å²) in [6.45, 7) is 13.7. The third kappa shape index (κ3) is 42.5. The molecule has 58 heavy (non-hydrogen) atoms. The molecule has 0 heterocycles. The predicted molar refractivity (Wildman–Crippen MR) is 247 cm³/mol. The van der Waals surface area contributed by atoms with Gasteiger partial charge in [-0.15, -0.1) is 0 Å². The molecule has 0 fully saturated rings. The van der Waals surface area contributed by atoms with Gasteiger partial charge < -0.3 is 14.2 Å². The molecule has 0 aliphatic heterocycles. The quantitative estimate of drug-likeness (QED) is 0.0346. The van der Waals surface area contributed by atoms with Crippen molar-refractivity contribution in [3.63, 3.8) is 0 Å². The van der Waals surface area contributed by atoms with Crippen LogP contribution in [0.1, 0.15) is 279 Å². The SMILES string of the molecule is CCC(C)CCCCCCCCCCCCC(=O)O[C@@H](COC(=O)CCCCCCCCCCCCCC(C)C)COC(=O)CCCCCCCCCCC(C)CC. The average molecular weight is 821 g/mol. The van der Waals surface area contributed by atoms with Crippen molar-refractivity contribution >= 4 is 17.9 Å². The maximum atomic E-state index is 12.8. The van der Waals surface area contributed by atoms with Crippen LogP contribution in [0.25, 0.3) is 0 Å². The van der Waals surface area contributed by atoms with Crippen molar-refractivity contribution in [3.05, 3.63) is 0 Å². The van der Waals surface area contributed by atoms with E-state index in [1.165, 1.54) is 161 Å². The van der Waals surface area contributed by atoms with Crippen molar-refractivity contribution in [2.24, 2.45) is 17.8 Å². The van der Waals surface area contributed by atoms with Gasteiger partial charge in [-0.2, -0.15) is 0 Å². The fourth-order valence-corrected chi connectivity index (χ4v) is 7.70. The summed E-state index contributed by atoms with van der Waals surface area (Å²) in [5.41, 5.74) is 0. The zero-order chi connectivity index (χ0) is 42.7.